The number of benzene rings is 1. The van der Waals surface area contributed by atoms with Crippen molar-refractivity contribution in [2.75, 3.05) is 18.0 Å². The van der Waals surface area contributed by atoms with Crippen molar-refractivity contribution in [2.45, 2.75) is 11.2 Å². The van der Waals surface area contributed by atoms with Gasteiger partial charge in [0.2, 0.25) is 0 Å². The van der Waals surface area contributed by atoms with Gasteiger partial charge in [-0.05, 0) is 18.6 Å². The van der Waals surface area contributed by atoms with Crippen LogP contribution in [0.2, 0.25) is 0 Å². The molecular formula is C10H12BrN. The molecule has 1 unspecified atom stereocenters. The maximum atomic E-state index is 3.63. The van der Waals surface area contributed by atoms with Crippen molar-refractivity contribution in [3.05, 3.63) is 30.3 Å². The Kier molecular flexibility index (Phi) is 2.35. The van der Waals surface area contributed by atoms with Crippen LogP contribution in [0.1, 0.15) is 6.42 Å². The van der Waals surface area contributed by atoms with Crippen LogP contribution in [0.15, 0.2) is 30.3 Å². The van der Waals surface area contributed by atoms with Crippen LogP contribution in [0.5, 0.6) is 0 Å². The third-order valence-electron chi connectivity index (χ3n) is 2.25. The normalized spacial score (nSPS) is 23.1. The highest BCUT2D eigenvalue weighted by Crippen LogP contribution is 2.23. The molecule has 0 bridgehead atoms. The van der Waals surface area contributed by atoms with E-state index in [2.05, 4.69) is 51.2 Å². The van der Waals surface area contributed by atoms with Gasteiger partial charge in [0.1, 0.15) is 0 Å². The van der Waals surface area contributed by atoms with Crippen molar-refractivity contribution in [1.29, 1.82) is 0 Å². The van der Waals surface area contributed by atoms with E-state index in [1.807, 2.05) is 0 Å². The topological polar surface area (TPSA) is 3.24 Å². The highest BCUT2D eigenvalue weighted by molar-refractivity contribution is 9.09. The van der Waals surface area contributed by atoms with Crippen LogP contribution in [0, 0.1) is 0 Å². The van der Waals surface area contributed by atoms with E-state index in [1.54, 1.807) is 0 Å². The molecule has 2 rings (SSSR count). The molecule has 0 N–H and O–H groups in total. The number of anilines is 1. The highest BCUT2D eigenvalue weighted by atomic mass is 79.9. The summed E-state index contributed by atoms with van der Waals surface area (Å²) in [6.07, 6.45) is 1.26. The van der Waals surface area contributed by atoms with Gasteiger partial charge in [-0.2, -0.15) is 0 Å². The van der Waals surface area contributed by atoms with Gasteiger partial charge in [-0.25, -0.2) is 0 Å². The number of hydrogen-bond donors (Lipinski definition) is 0. The molecule has 1 atom stereocenters. The lowest BCUT2D eigenvalue weighted by Gasteiger charge is -2.17. The first-order chi connectivity index (χ1) is 5.86. The van der Waals surface area contributed by atoms with Crippen LogP contribution < -0.4 is 4.90 Å². The first-order valence-corrected chi connectivity index (χ1v) is 5.22. The second kappa shape index (κ2) is 3.48. The molecule has 0 amide bonds. The van der Waals surface area contributed by atoms with Gasteiger partial charge < -0.3 is 4.90 Å². The number of hydrogen-bond acceptors (Lipinski definition) is 1. The van der Waals surface area contributed by atoms with Gasteiger partial charge in [-0.1, -0.05) is 34.1 Å². The lowest BCUT2D eigenvalue weighted by atomic mass is 10.3. The molecule has 0 saturated carbocycles. The number of nitrogens with zero attached hydrogens (tertiary/aromatic N) is 1. The standard InChI is InChI=1S/C10H12BrN/c11-9-6-7-12(8-9)10-4-2-1-3-5-10/h1-5,9H,6-8H2. The van der Waals surface area contributed by atoms with Gasteiger partial charge in [0, 0.05) is 23.6 Å². The Morgan fingerprint density at radius 1 is 1.25 bits per heavy atom. The average molecular weight is 226 g/mol. The van der Waals surface area contributed by atoms with E-state index >= 15 is 0 Å². The van der Waals surface area contributed by atoms with Crippen molar-refractivity contribution in [1.82, 2.24) is 0 Å². The summed E-state index contributed by atoms with van der Waals surface area (Å²) >= 11 is 3.63. The third-order valence-corrected chi connectivity index (χ3v) is 3.00. The molecule has 64 valence electrons. The minimum Gasteiger partial charge on any atom is -0.370 e. The fraction of sp³-hybridized carbons (Fsp3) is 0.400. The molecule has 1 aliphatic rings. The predicted octanol–water partition coefficient (Wildman–Crippen LogP) is 2.66. The maximum Gasteiger partial charge on any atom is 0.0366 e. The van der Waals surface area contributed by atoms with E-state index in [-0.39, 0.29) is 0 Å². The van der Waals surface area contributed by atoms with Gasteiger partial charge >= 0.3 is 0 Å². The molecule has 1 heterocycles. The third kappa shape index (κ3) is 1.63. The molecule has 0 radical (unpaired) electrons. The van der Waals surface area contributed by atoms with E-state index in [1.165, 1.54) is 18.7 Å². The lowest BCUT2D eigenvalue weighted by molar-refractivity contribution is 0.967. The van der Waals surface area contributed by atoms with Crippen molar-refractivity contribution in [3.63, 3.8) is 0 Å². The van der Waals surface area contributed by atoms with Gasteiger partial charge in [-0.15, -0.1) is 0 Å². The summed E-state index contributed by atoms with van der Waals surface area (Å²) in [6, 6.07) is 10.6. The largest absolute Gasteiger partial charge is 0.370 e. The van der Waals surface area contributed by atoms with Crippen molar-refractivity contribution in [2.24, 2.45) is 0 Å². The van der Waals surface area contributed by atoms with Crippen molar-refractivity contribution >= 4 is 21.6 Å². The van der Waals surface area contributed by atoms with E-state index in [4.69, 9.17) is 0 Å². The molecule has 1 aromatic carbocycles. The molecule has 0 aromatic heterocycles. The van der Waals surface area contributed by atoms with Crippen LogP contribution in [0.3, 0.4) is 0 Å². The molecule has 0 aliphatic carbocycles. The van der Waals surface area contributed by atoms with Gasteiger partial charge in [0.25, 0.3) is 0 Å². The lowest BCUT2D eigenvalue weighted by Crippen LogP contribution is -2.19. The SMILES string of the molecule is BrC1CCN(c2ccccc2)C1. The Balaban J connectivity index is 2.11. The molecule has 2 heteroatoms. The van der Waals surface area contributed by atoms with Crippen LogP contribution in [-0.4, -0.2) is 17.9 Å². The molecule has 1 aromatic rings. The summed E-state index contributed by atoms with van der Waals surface area (Å²) in [5.74, 6) is 0. The average Bonchev–Trinajstić information content (AvgIpc) is 2.54. The molecular weight excluding hydrogens is 214 g/mol. The van der Waals surface area contributed by atoms with Gasteiger partial charge in [-0.3, -0.25) is 0 Å². The first kappa shape index (κ1) is 8.11. The summed E-state index contributed by atoms with van der Waals surface area (Å²) in [5, 5.41) is 0. The number of halogens is 1. The molecule has 1 saturated heterocycles. The zero-order valence-corrected chi connectivity index (χ0v) is 8.50. The van der Waals surface area contributed by atoms with Crippen molar-refractivity contribution in [3.8, 4) is 0 Å². The summed E-state index contributed by atoms with van der Waals surface area (Å²) in [7, 11) is 0. The second-order valence-corrected chi connectivity index (χ2v) is 4.46. The minimum absolute atomic E-state index is 0.678. The molecule has 12 heavy (non-hydrogen) atoms. The van der Waals surface area contributed by atoms with Crippen LogP contribution >= 0.6 is 15.9 Å². The zero-order chi connectivity index (χ0) is 8.39. The van der Waals surface area contributed by atoms with E-state index in [0.29, 0.717) is 4.83 Å². The van der Waals surface area contributed by atoms with E-state index in [0.717, 1.165) is 6.54 Å². The quantitative estimate of drug-likeness (QED) is 0.665. The van der Waals surface area contributed by atoms with Crippen LogP contribution in [0.25, 0.3) is 0 Å². The second-order valence-electron chi connectivity index (χ2n) is 3.17. The minimum atomic E-state index is 0.678. The fourth-order valence-electron chi connectivity index (χ4n) is 1.59. The summed E-state index contributed by atoms with van der Waals surface area (Å²) < 4.78 is 0. The fourth-order valence-corrected chi connectivity index (χ4v) is 2.15. The van der Waals surface area contributed by atoms with Gasteiger partial charge in [0.05, 0.1) is 0 Å². The number of alkyl halides is 1. The predicted molar refractivity (Wildman–Crippen MR) is 56.0 cm³/mol. The summed E-state index contributed by atoms with van der Waals surface area (Å²) in [4.78, 5) is 3.09. The Morgan fingerprint density at radius 3 is 2.58 bits per heavy atom. The maximum absolute atomic E-state index is 3.63. The zero-order valence-electron chi connectivity index (χ0n) is 6.91. The smallest absolute Gasteiger partial charge is 0.0366 e. The Bertz CT molecular complexity index is 247. The van der Waals surface area contributed by atoms with Crippen LogP contribution in [-0.2, 0) is 0 Å². The summed E-state index contributed by atoms with van der Waals surface area (Å²) in [6.45, 7) is 2.32. The summed E-state index contributed by atoms with van der Waals surface area (Å²) in [5.41, 5.74) is 1.35. The first-order valence-electron chi connectivity index (χ1n) is 4.30. The van der Waals surface area contributed by atoms with Crippen LogP contribution in [0.4, 0.5) is 5.69 Å². The van der Waals surface area contributed by atoms with Crippen molar-refractivity contribution < 1.29 is 0 Å². The van der Waals surface area contributed by atoms with Gasteiger partial charge in [0.15, 0.2) is 0 Å². The Hall–Kier alpha value is -0.500. The van der Waals surface area contributed by atoms with E-state index < -0.39 is 0 Å². The molecule has 1 nitrogen and oxygen atoms in total. The molecule has 1 aliphatic heterocycles. The number of para-hydroxylation sites is 1. The Morgan fingerprint density at radius 2 is 2.00 bits per heavy atom. The molecule has 0 spiro atoms. The number of rotatable bonds is 1. The van der Waals surface area contributed by atoms with E-state index in [9.17, 15) is 0 Å². The Labute approximate surface area is 81.5 Å². The monoisotopic (exact) mass is 225 g/mol. The highest BCUT2D eigenvalue weighted by Gasteiger charge is 2.19. The molecule has 1 fully saturated rings.